The van der Waals surface area contributed by atoms with Crippen molar-refractivity contribution in [3.63, 3.8) is 0 Å². The van der Waals surface area contributed by atoms with E-state index in [1.54, 1.807) is 12.1 Å². The number of carbonyl (C=O) groups is 1. The topological polar surface area (TPSA) is 29.1 Å². The Labute approximate surface area is 146 Å². The predicted octanol–water partition coefficient (Wildman–Crippen LogP) is 5.66. The molecule has 1 N–H and O–H groups in total. The zero-order valence-corrected chi connectivity index (χ0v) is 13.7. The van der Waals surface area contributed by atoms with Gasteiger partial charge >= 0.3 is 0 Å². The smallest absolute Gasteiger partial charge is 0.248 e. The second kappa shape index (κ2) is 7.62. The monoisotopic (exact) mass is 333 g/mol. The van der Waals surface area contributed by atoms with E-state index in [1.165, 1.54) is 6.08 Å². The van der Waals surface area contributed by atoms with Crippen molar-refractivity contribution in [3.05, 3.63) is 95.5 Å². The second-order valence-electron chi connectivity index (χ2n) is 5.29. The highest BCUT2D eigenvalue weighted by molar-refractivity contribution is 6.32. The fourth-order valence-electron chi connectivity index (χ4n) is 2.34. The van der Waals surface area contributed by atoms with Crippen LogP contribution >= 0.6 is 11.6 Å². The third kappa shape index (κ3) is 4.12. The number of hydrogen-bond acceptors (Lipinski definition) is 1. The van der Waals surface area contributed by atoms with Gasteiger partial charge in [-0.25, -0.2) is 0 Å². The number of hydrogen-bond donors (Lipinski definition) is 1. The molecule has 0 saturated carbocycles. The number of amides is 1. The summed E-state index contributed by atoms with van der Waals surface area (Å²) < 4.78 is 0. The van der Waals surface area contributed by atoms with E-state index in [2.05, 4.69) is 17.4 Å². The SMILES string of the molecule is O=C(/C=C/c1ccccc1Cl)Nc1ccc(-c2ccccc2)cc1. The summed E-state index contributed by atoms with van der Waals surface area (Å²) in [6.45, 7) is 0. The number of nitrogens with one attached hydrogen (secondary N) is 1. The highest BCUT2D eigenvalue weighted by Gasteiger charge is 2.01. The molecule has 0 fully saturated rings. The number of anilines is 1. The van der Waals surface area contributed by atoms with Crippen LogP contribution in [0.25, 0.3) is 17.2 Å². The first-order valence-electron chi connectivity index (χ1n) is 7.61. The molecule has 3 heteroatoms. The quantitative estimate of drug-likeness (QED) is 0.613. The van der Waals surface area contributed by atoms with E-state index in [0.717, 1.165) is 22.4 Å². The number of rotatable bonds is 4. The van der Waals surface area contributed by atoms with Gasteiger partial charge in [0.1, 0.15) is 0 Å². The summed E-state index contributed by atoms with van der Waals surface area (Å²) in [5, 5.41) is 3.46. The molecule has 0 aliphatic rings. The molecule has 0 saturated heterocycles. The maximum absolute atomic E-state index is 12.0. The van der Waals surface area contributed by atoms with Crippen molar-refractivity contribution in [1.29, 1.82) is 0 Å². The molecule has 0 heterocycles. The maximum Gasteiger partial charge on any atom is 0.248 e. The second-order valence-corrected chi connectivity index (χ2v) is 5.69. The number of carbonyl (C=O) groups excluding carboxylic acids is 1. The van der Waals surface area contributed by atoms with Crippen molar-refractivity contribution in [2.45, 2.75) is 0 Å². The van der Waals surface area contributed by atoms with Gasteiger partial charge in [-0.1, -0.05) is 72.3 Å². The lowest BCUT2D eigenvalue weighted by atomic mass is 10.1. The van der Waals surface area contributed by atoms with Crippen LogP contribution in [0.3, 0.4) is 0 Å². The van der Waals surface area contributed by atoms with Gasteiger partial charge in [0.2, 0.25) is 5.91 Å². The zero-order valence-electron chi connectivity index (χ0n) is 12.9. The molecule has 0 unspecified atom stereocenters. The molecule has 0 spiro atoms. The molecule has 0 atom stereocenters. The average molecular weight is 334 g/mol. The molecule has 1 amide bonds. The minimum Gasteiger partial charge on any atom is -0.323 e. The van der Waals surface area contributed by atoms with Gasteiger partial charge in [-0.3, -0.25) is 4.79 Å². The van der Waals surface area contributed by atoms with Crippen molar-refractivity contribution in [3.8, 4) is 11.1 Å². The highest BCUT2D eigenvalue weighted by atomic mass is 35.5. The Balaban J connectivity index is 1.66. The highest BCUT2D eigenvalue weighted by Crippen LogP contribution is 2.21. The summed E-state index contributed by atoms with van der Waals surface area (Å²) >= 11 is 6.06. The standard InChI is InChI=1S/C21H16ClNO/c22-20-9-5-4-8-18(20)12-15-21(24)23-19-13-10-17(11-14-19)16-6-2-1-3-7-16/h1-15H,(H,23,24)/b15-12+. The van der Waals surface area contributed by atoms with E-state index in [0.29, 0.717) is 5.02 Å². The Morgan fingerprint density at radius 2 is 1.42 bits per heavy atom. The van der Waals surface area contributed by atoms with Crippen LogP contribution < -0.4 is 5.32 Å². The first-order chi connectivity index (χ1) is 11.7. The van der Waals surface area contributed by atoms with E-state index in [4.69, 9.17) is 11.6 Å². The summed E-state index contributed by atoms with van der Waals surface area (Å²) in [6.07, 6.45) is 3.18. The van der Waals surface area contributed by atoms with Crippen molar-refractivity contribution < 1.29 is 4.79 Å². The van der Waals surface area contributed by atoms with Crippen LogP contribution in [0.2, 0.25) is 5.02 Å². The van der Waals surface area contributed by atoms with Crippen molar-refractivity contribution in [2.75, 3.05) is 5.32 Å². The Morgan fingerprint density at radius 3 is 2.12 bits per heavy atom. The van der Waals surface area contributed by atoms with Gasteiger partial charge in [0.15, 0.2) is 0 Å². The van der Waals surface area contributed by atoms with E-state index >= 15 is 0 Å². The maximum atomic E-state index is 12.0. The first-order valence-corrected chi connectivity index (χ1v) is 7.99. The average Bonchev–Trinajstić information content (AvgIpc) is 2.62. The molecule has 3 aromatic carbocycles. The molecule has 3 aromatic rings. The summed E-state index contributed by atoms with van der Waals surface area (Å²) in [5.41, 5.74) is 3.83. The molecule has 0 aliphatic carbocycles. The Kier molecular flexibility index (Phi) is 5.09. The summed E-state index contributed by atoms with van der Waals surface area (Å²) in [4.78, 5) is 12.0. The normalized spacial score (nSPS) is 10.7. The molecule has 0 bridgehead atoms. The largest absolute Gasteiger partial charge is 0.323 e. The van der Waals surface area contributed by atoms with Gasteiger partial charge in [0.25, 0.3) is 0 Å². The third-order valence-corrected chi connectivity index (χ3v) is 3.92. The molecule has 24 heavy (non-hydrogen) atoms. The van der Waals surface area contributed by atoms with Crippen molar-refractivity contribution >= 4 is 29.3 Å². The number of halogens is 1. The molecular weight excluding hydrogens is 318 g/mol. The lowest BCUT2D eigenvalue weighted by Crippen LogP contribution is -2.07. The Bertz CT molecular complexity index is 855. The van der Waals surface area contributed by atoms with E-state index in [9.17, 15) is 4.79 Å². The van der Waals surface area contributed by atoms with Crippen LogP contribution in [0.4, 0.5) is 5.69 Å². The van der Waals surface area contributed by atoms with Crippen LogP contribution in [-0.4, -0.2) is 5.91 Å². The Hall–Kier alpha value is -2.84. The molecule has 3 rings (SSSR count). The van der Waals surface area contributed by atoms with Gasteiger partial charge in [-0.2, -0.15) is 0 Å². The summed E-state index contributed by atoms with van der Waals surface area (Å²) in [5.74, 6) is -0.192. The molecule has 2 nitrogen and oxygen atoms in total. The first kappa shape index (κ1) is 16.0. The van der Waals surface area contributed by atoms with Crippen LogP contribution in [-0.2, 0) is 4.79 Å². The molecule has 0 aliphatic heterocycles. The lowest BCUT2D eigenvalue weighted by Gasteiger charge is -2.05. The van der Waals surface area contributed by atoms with Gasteiger partial charge < -0.3 is 5.32 Å². The van der Waals surface area contributed by atoms with Crippen LogP contribution in [0.15, 0.2) is 84.9 Å². The molecule has 0 aromatic heterocycles. The third-order valence-electron chi connectivity index (χ3n) is 3.58. The van der Waals surface area contributed by atoms with Gasteiger partial charge in [0, 0.05) is 16.8 Å². The predicted molar refractivity (Wildman–Crippen MR) is 101 cm³/mol. The van der Waals surface area contributed by atoms with Crippen LogP contribution in [0.5, 0.6) is 0 Å². The van der Waals surface area contributed by atoms with Crippen molar-refractivity contribution in [2.24, 2.45) is 0 Å². The fraction of sp³-hybridized carbons (Fsp3) is 0. The Morgan fingerprint density at radius 1 is 0.792 bits per heavy atom. The van der Waals surface area contributed by atoms with E-state index in [-0.39, 0.29) is 5.91 Å². The molecule has 118 valence electrons. The van der Waals surface area contributed by atoms with E-state index in [1.807, 2.05) is 60.7 Å². The van der Waals surface area contributed by atoms with Gasteiger partial charge in [0.05, 0.1) is 0 Å². The zero-order chi connectivity index (χ0) is 16.8. The van der Waals surface area contributed by atoms with Gasteiger partial charge in [-0.15, -0.1) is 0 Å². The summed E-state index contributed by atoms with van der Waals surface area (Å²) in [7, 11) is 0. The summed E-state index contributed by atoms with van der Waals surface area (Å²) in [6, 6.07) is 25.3. The minimum absolute atomic E-state index is 0.192. The van der Waals surface area contributed by atoms with Crippen molar-refractivity contribution in [1.82, 2.24) is 0 Å². The minimum atomic E-state index is -0.192. The lowest BCUT2D eigenvalue weighted by molar-refractivity contribution is -0.111. The van der Waals surface area contributed by atoms with E-state index < -0.39 is 0 Å². The fourth-order valence-corrected chi connectivity index (χ4v) is 2.53. The molecule has 0 radical (unpaired) electrons. The number of benzene rings is 3. The van der Waals surface area contributed by atoms with Crippen LogP contribution in [0.1, 0.15) is 5.56 Å². The van der Waals surface area contributed by atoms with Gasteiger partial charge in [-0.05, 0) is 41.0 Å². The van der Waals surface area contributed by atoms with Crippen LogP contribution in [0, 0.1) is 0 Å². The molecular formula is C21H16ClNO.